The highest BCUT2D eigenvalue weighted by Gasteiger charge is 2.25. The molecule has 0 amide bonds. The second kappa shape index (κ2) is 3.84. The number of fused-ring (bicyclic) bond motifs is 2. The zero-order valence-electron chi connectivity index (χ0n) is 10.9. The molecule has 4 nitrogen and oxygen atoms in total. The van der Waals surface area contributed by atoms with Gasteiger partial charge in [-0.25, -0.2) is 4.68 Å². The van der Waals surface area contributed by atoms with E-state index in [1.54, 1.807) is 24.3 Å². The maximum Gasteiger partial charge on any atom is 0.280 e. The zero-order valence-corrected chi connectivity index (χ0v) is 11.7. The summed E-state index contributed by atoms with van der Waals surface area (Å²) in [6.45, 7) is 5.78. The molecule has 1 aromatic carbocycles. The third-order valence-electron chi connectivity index (χ3n) is 2.96. The molecule has 0 aromatic heterocycles. The molecule has 0 fully saturated rings. The van der Waals surface area contributed by atoms with E-state index in [2.05, 4.69) is 5.10 Å². The Morgan fingerprint density at radius 1 is 1.26 bits per heavy atom. The van der Waals surface area contributed by atoms with Gasteiger partial charge in [-0.15, -0.1) is 5.10 Å². The number of hydrogen-bond acceptors (Lipinski definition) is 3. The van der Waals surface area contributed by atoms with E-state index in [9.17, 15) is 4.79 Å². The molecule has 3 rings (SSSR count). The number of hydrogen-bond donors (Lipinski definition) is 0. The molecule has 0 radical (unpaired) electrons. The summed E-state index contributed by atoms with van der Waals surface area (Å²) in [5, 5.41) is 5.67. The minimum Gasteiger partial charge on any atom is -0.436 e. The lowest BCUT2D eigenvalue weighted by atomic mass is 10.1. The van der Waals surface area contributed by atoms with Crippen molar-refractivity contribution in [3.63, 3.8) is 0 Å². The molecular weight excluding hydrogens is 264 g/mol. The van der Waals surface area contributed by atoms with E-state index >= 15 is 0 Å². The van der Waals surface area contributed by atoms with E-state index in [-0.39, 0.29) is 11.1 Å². The molecular formula is C14H13ClN2O2. The van der Waals surface area contributed by atoms with Crippen LogP contribution in [-0.2, 0) is 5.54 Å². The van der Waals surface area contributed by atoms with Gasteiger partial charge in [-0.05, 0) is 45.0 Å². The van der Waals surface area contributed by atoms with E-state index in [0.717, 1.165) is 5.39 Å². The highest BCUT2D eigenvalue weighted by molar-refractivity contribution is 6.31. The molecule has 5 heteroatoms. The van der Waals surface area contributed by atoms with Crippen molar-refractivity contribution in [3.8, 4) is 11.5 Å². The standard InChI is InChI=1S/C14H13ClN2O2/c1-14(2,3)17-13(18)10-7-8-6-9(15)4-5-11(8)19-12(10)16-17/h4-7H,1-3H3. The summed E-state index contributed by atoms with van der Waals surface area (Å²) in [5.41, 5.74) is 0.614. The summed E-state index contributed by atoms with van der Waals surface area (Å²) in [6, 6.07) is 7.07. The fourth-order valence-corrected chi connectivity index (χ4v) is 2.21. The monoisotopic (exact) mass is 276 g/mol. The second-order valence-electron chi connectivity index (χ2n) is 5.54. The van der Waals surface area contributed by atoms with Gasteiger partial charge in [0.1, 0.15) is 11.1 Å². The topological polar surface area (TPSA) is 48.0 Å². The van der Waals surface area contributed by atoms with Crippen LogP contribution in [0, 0.1) is 0 Å². The fraction of sp³-hybridized carbons (Fsp3) is 0.286. The van der Waals surface area contributed by atoms with Crippen LogP contribution >= 0.6 is 11.6 Å². The second-order valence-corrected chi connectivity index (χ2v) is 5.97. The molecule has 0 saturated heterocycles. The molecule has 1 aromatic rings. The lowest BCUT2D eigenvalue weighted by molar-refractivity contribution is 0.343. The SMILES string of the molecule is CC(C)(C)n1nc2oc3ccc(Cl)cc3cc-2c1=O. The summed E-state index contributed by atoms with van der Waals surface area (Å²) in [4.78, 5) is 12.3. The van der Waals surface area contributed by atoms with Crippen LogP contribution in [-0.4, -0.2) is 9.78 Å². The minimum atomic E-state index is -0.380. The maximum absolute atomic E-state index is 12.3. The van der Waals surface area contributed by atoms with Gasteiger partial charge in [0.25, 0.3) is 5.56 Å². The van der Waals surface area contributed by atoms with Crippen molar-refractivity contribution in [1.82, 2.24) is 9.78 Å². The van der Waals surface area contributed by atoms with Crippen LogP contribution in [0.1, 0.15) is 20.8 Å². The normalized spacial score (nSPS) is 12.4. The Morgan fingerprint density at radius 2 is 2.00 bits per heavy atom. The van der Waals surface area contributed by atoms with Gasteiger partial charge in [0.2, 0.25) is 5.89 Å². The highest BCUT2D eigenvalue weighted by Crippen LogP contribution is 2.27. The van der Waals surface area contributed by atoms with Crippen LogP contribution in [0.15, 0.2) is 33.5 Å². The zero-order chi connectivity index (χ0) is 13.8. The van der Waals surface area contributed by atoms with E-state index in [4.69, 9.17) is 16.0 Å². The number of benzene rings is 1. The third-order valence-corrected chi connectivity index (χ3v) is 3.19. The van der Waals surface area contributed by atoms with Gasteiger partial charge in [-0.3, -0.25) is 4.79 Å². The van der Waals surface area contributed by atoms with Gasteiger partial charge in [-0.2, -0.15) is 0 Å². The smallest absolute Gasteiger partial charge is 0.280 e. The summed E-state index contributed by atoms with van der Waals surface area (Å²) >= 11 is 5.95. The number of aromatic nitrogens is 2. The first-order valence-electron chi connectivity index (χ1n) is 5.99. The van der Waals surface area contributed by atoms with Crippen LogP contribution in [0.5, 0.6) is 0 Å². The highest BCUT2D eigenvalue weighted by atomic mass is 35.5. The predicted molar refractivity (Wildman–Crippen MR) is 74.9 cm³/mol. The van der Waals surface area contributed by atoms with Gasteiger partial charge in [-0.1, -0.05) is 11.6 Å². The summed E-state index contributed by atoms with van der Waals surface area (Å²) in [7, 11) is 0. The molecule has 98 valence electrons. The lowest BCUT2D eigenvalue weighted by Gasteiger charge is -2.16. The van der Waals surface area contributed by atoms with Gasteiger partial charge in [0.05, 0.1) is 5.54 Å². The molecule has 0 atom stereocenters. The van der Waals surface area contributed by atoms with Crippen LogP contribution in [0.25, 0.3) is 22.4 Å². The maximum atomic E-state index is 12.3. The van der Waals surface area contributed by atoms with Crippen LogP contribution in [0.2, 0.25) is 5.02 Å². The van der Waals surface area contributed by atoms with Gasteiger partial charge >= 0.3 is 0 Å². The minimum absolute atomic E-state index is 0.145. The number of nitrogens with zero attached hydrogens (tertiary/aromatic N) is 2. The Morgan fingerprint density at radius 3 is 2.68 bits per heavy atom. The molecule has 2 heterocycles. The molecule has 0 N–H and O–H groups in total. The molecule has 19 heavy (non-hydrogen) atoms. The van der Waals surface area contributed by atoms with Crippen LogP contribution < -0.4 is 5.56 Å². The van der Waals surface area contributed by atoms with E-state index in [0.29, 0.717) is 22.1 Å². The van der Waals surface area contributed by atoms with Crippen molar-refractivity contribution in [1.29, 1.82) is 0 Å². The molecule has 2 aliphatic rings. The van der Waals surface area contributed by atoms with Crippen molar-refractivity contribution < 1.29 is 4.42 Å². The Balaban J connectivity index is 2.39. The van der Waals surface area contributed by atoms with Crippen LogP contribution in [0.3, 0.4) is 0 Å². The van der Waals surface area contributed by atoms with Gasteiger partial charge in [0, 0.05) is 10.4 Å². The summed E-state index contributed by atoms with van der Waals surface area (Å²) in [6.07, 6.45) is 0. The number of halogens is 1. The van der Waals surface area contributed by atoms with E-state index in [1.165, 1.54) is 4.68 Å². The van der Waals surface area contributed by atoms with E-state index in [1.807, 2.05) is 20.8 Å². The summed E-state index contributed by atoms with van der Waals surface area (Å²) < 4.78 is 7.11. The van der Waals surface area contributed by atoms with Crippen molar-refractivity contribution in [2.24, 2.45) is 0 Å². The lowest BCUT2D eigenvalue weighted by Crippen LogP contribution is -2.32. The first kappa shape index (κ1) is 12.2. The molecule has 0 unspecified atom stereocenters. The Kier molecular flexibility index (Phi) is 2.47. The largest absolute Gasteiger partial charge is 0.436 e. The first-order chi connectivity index (χ1) is 8.86. The average Bonchev–Trinajstić information content (AvgIpc) is 2.64. The Hall–Kier alpha value is -1.81. The van der Waals surface area contributed by atoms with E-state index < -0.39 is 0 Å². The molecule has 2 aliphatic heterocycles. The third kappa shape index (κ3) is 1.92. The van der Waals surface area contributed by atoms with Crippen LogP contribution in [0.4, 0.5) is 0 Å². The average molecular weight is 277 g/mol. The van der Waals surface area contributed by atoms with Crippen molar-refractivity contribution in [3.05, 3.63) is 39.6 Å². The predicted octanol–water partition coefficient (Wildman–Crippen LogP) is 3.50. The Bertz CT molecular complexity index is 795. The molecule has 0 aliphatic carbocycles. The first-order valence-corrected chi connectivity index (χ1v) is 6.37. The van der Waals surface area contributed by atoms with Gasteiger partial charge < -0.3 is 4.42 Å². The van der Waals surface area contributed by atoms with Gasteiger partial charge in [0.15, 0.2) is 0 Å². The molecule has 0 saturated carbocycles. The quantitative estimate of drug-likeness (QED) is 0.631. The summed E-state index contributed by atoms with van der Waals surface area (Å²) in [5.74, 6) is 0.356. The van der Waals surface area contributed by atoms with Crippen molar-refractivity contribution in [2.75, 3.05) is 0 Å². The molecule has 0 spiro atoms. The van der Waals surface area contributed by atoms with Crippen molar-refractivity contribution in [2.45, 2.75) is 26.3 Å². The fourth-order valence-electron chi connectivity index (χ4n) is 2.03. The molecule has 0 bridgehead atoms. The number of rotatable bonds is 0. The Labute approximate surface area is 114 Å². The van der Waals surface area contributed by atoms with Crippen molar-refractivity contribution >= 4 is 22.6 Å².